The van der Waals surface area contributed by atoms with Crippen LogP contribution >= 0.6 is 0 Å². The lowest BCUT2D eigenvalue weighted by Crippen LogP contribution is -2.30. The lowest BCUT2D eigenvalue weighted by atomic mass is 10.4. The zero-order chi connectivity index (χ0) is 8.91. The smallest absolute Gasteiger partial charge is 0.314 e. The minimum Gasteiger partial charge on any atom is -0.314 e. The summed E-state index contributed by atoms with van der Waals surface area (Å²) in [5.41, 5.74) is 0. The summed E-state index contributed by atoms with van der Waals surface area (Å²) in [6.45, 7) is 0.999. The summed E-state index contributed by atoms with van der Waals surface area (Å²) in [5, 5.41) is 0. The fourth-order valence-electron chi connectivity index (χ4n) is 0.407. The fraction of sp³-hybridized carbons (Fsp3) is 0.500. The van der Waals surface area contributed by atoms with Crippen molar-refractivity contribution in [2.24, 2.45) is 0 Å². The Kier molecular flexibility index (Phi) is 3.81. The van der Waals surface area contributed by atoms with Gasteiger partial charge in [0.05, 0.1) is 12.9 Å². The molecule has 0 fully saturated rings. The van der Waals surface area contributed by atoms with E-state index in [2.05, 4.69) is 4.74 Å². The summed E-state index contributed by atoms with van der Waals surface area (Å²) >= 11 is 0. The van der Waals surface area contributed by atoms with Crippen molar-refractivity contribution in [3.05, 3.63) is 12.4 Å². The molecule has 0 aromatic heterocycles. The summed E-state index contributed by atoms with van der Waals surface area (Å²) in [5.74, 6) is -1.69. The summed E-state index contributed by atoms with van der Waals surface area (Å²) in [4.78, 5) is 10.3. The number of carbonyl (C=O) groups excluding carboxylic acids is 1. The second-order valence-corrected chi connectivity index (χ2v) is 1.61. The first kappa shape index (κ1) is 10.2. The van der Waals surface area contributed by atoms with Crippen LogP contribution in [0.3, 0.4) is 0 Å². The highest BCUT2D eigenvalue weighted by molar-refractivity contribution is 5.94. The molecule has 0 spiro atoms. The third kappa shape index (κ3) is 3.18. The number of rotatable bonds is 4. The predicted octanol–water partition coefficient (Wildman–Crippen LogP) is 1.67. The summed E-state index contributed by atoms with van der Waals surface area (Å²) in [7, 11) is 0. The van der Waals surface area contributed by atoms with Crippen molar-refractivity contribution in [1.82, 2.24) is 0 Å². The van der Waals surface area contributed by atoms with Crippen molar-refractivity contribution >= 4 is 5.78 Å². The Morgan fingerprint density at radius 3 is 2.55 bits per heavy atom. The summed E-state index contributed by atoms with van der Waals surface area (Å²) in [6.07, 6.45) is -4.04. The van der Waals surface area contributed by atoms with Gasteiger partial charge in [-0.1, -0.05) is 0 Å². The third-order valence-corrected chi connectivity index (χ3v) is 0.827. The molecule has 0 radical (unpaired) electrons. The molecule has 5 heteroatoms. The van der Waals surface area contributed by atoms with Crippen LogP contribution in [0.5, 0.6) is 0 Å². The van der Waals surface area contributed by atoms with Crippen molar-refractivity contribution in [2.45, 2.75) is 13.0 Å². The average Bonchev–Trinajstić information content (AvgIpc) is 1.88. The summed E-state index contributed by atoms with van der Waals surface area (Å²) < 4.78 is 39.4. The van der Waals surface area contributed by atoms with Gasteiger partial charge in [-0.25, -0.2) is 4.39 Å². The minimum absolute atomic E-state index is 0.121. The first-order chi connectivity index (χ1) is 5.04. The fourth-order valence-corrected chi connectivity index (χ4v) is 0.407. The van der Waals surface area contributed by atoms with E-state index in [1.165, 1.54) is 6.92 Å². The van der Waals surface area contributed by atoms with Crippen LogP contribution in [0.1, 0.15) is 6.92 Å². The second kappa shape index (κ2) is 4.12. The molecular weight excluding hydrogens is 161 g/mol. The van der Waals surface area contributed by atoms with E-state index in [0.29, 0.717) is 0 Å². The van der Waals surface area contributed by atoms with Crippen molar-refractivity contribution in [2.75, 3.05) is 6.61 Å². The SMILES string of the molecule is CCOC(F)(F)C(=O)C=CF. The Balaban J connectivity index is 4.17. The van der Waals surface area contributed by atoms with Crippen molar-refractivity contribution in [3.63, 3.8) is 0 Å². The predicted molar refractivity (Wildman–Crippen MR) is 31.8 cm³/mol. The Morgan fingerprint density at radius 2 is 2.18 bits per heavy atom. The van der Waals surface area contributed by atoms with Gasteiger partial charge in [-0.15, -0.1) is 0 Å². The van der Waals surface area contributed by atoms with E-state index in [9.17, 15) is 18.0 Å². The van der Waals surface area contributed by atoms with E-state index in [0.717, 1.165) is 0 Å². The molecule has 0 bridgehead atoms. The van der Waals surface area contributed by atoms with Crippen molar-refractivity contribution in [1.29, 1.82) is 0 Å². The molecule has 0 saturated heterocycles. The number of hydrogen-bond acceptors (Lipinski definition) is 2. The molecule has 0 aromatic rings. The molecule has 11 heavy (non-hydrogen) atoms. The average molecular weight is 168 g/mol. The van der Waals surface area contributed by atoms with E-state index in [4.69, 9.17) is 0 Å². The molecule has 64 valence electrons. The van der Waals surface area contributed by atoms with Crippen LogP contribution < -0.4 is 0 Å². The van der Waals surface area contributed by atoms with Gasteiger partial charge in [0.2, 0.25) is 0 Å². The molecule has 0 rings (SSSR count). The van der Waals surface area contributed by atoms with E-state index in [-0.39, 0.29) is 19.0 Å². The maximum Gasteiger partial charge on any atom is 0.420 e. The monoisotopic (exact) mass is 168 g/mol. The zero-order valence-electron chi connectivity index (χ0n) is 5.81. The van der Waals surface area contributed by atoms with Crippen LogP contribution in [0, 0.1) is 0 Å². The van der Waals surface area contributed by atoms with Gasteiger partial charge < -0.3 is 4.74 Å². The highest BCUT2D eigenvalue weighted by atomic mass is 19.3. The standard InChI is InChI=1S/C6H7F3O2/c1-2-11-6(8,9)5(10)3-4-7/h3-4H,2H2,1H3. The number of hydrogen-bond donors (Lipinski definition) is 0. The topological polar surface area (TPSA) is 26.3 Å². The van der Waals surface area contributed by atoms with Gasteiger partial charge in [0, 0.05) is 6.08 Å². The number of halogens is 3. The van der Waals surface area contributed by atoms with Crippen LogP contribution in [-0.2, 0) is 9.53 Å². The number of ketones is 1. The molecule has 0 atom stereocenters. The van der Waals surface area contributed by atoms with Crippen molar-refractivity contribution < 1.29 is 22.7 Å². The molecule has 0 N–H and O–H groups in total. The van der Waals surface area contributed by atoms with Crippen molar-refractivity contribution in [3.8, 4) is 0 Å². The number of alkyl halides is 2. The molecule has 0 aliphatic carbocycles. The highest BCUT2D eigenvalue weighted by Gasteiger charge is 2.37. The number of carbonyl (C=O) groups is 1. The molecule has 0 aliphatic heterocycles. The van der Waals surface area contributed by atoms with E-state index < -0.39 is 11.9 Å². The van der Waals surface area contributed by atoms with Crippen LogP contribution in [0.2, 0.25) is 0 Å². The molecule has 0 aromatic carbocycles. The normalized spacial score (nSPS) is 12.4. The van der Waals surface area contributed by atoms with E-state index in [1.807, 2.05) is 0 Å². The quantitative estimate of drug-likeness (QED) is 0.597. The van der Waals surface area contributed by atoms with Crippen LogP contribution in [-0.4, -0.2) is 18.5 Å². The molecule has 0 unspecified atom stereocenters. The summed E-state index contributed by atoms with van der Waals surface area (Å²) in [6, 6.07) is 0. The lowest BCUT2D eigenvalue weighted by Gasteiger charge is -2.10. The first-order valence-electron chi connectivity index (χ1n) is 2.87. The Bertz CT molecular complexity index is 165. The Labute approximate surface area is 61.6 Å². The minimum atomic E-state index is -3.91. The zero-order valence-corrected chi connectivity index (χ0v) is 5.81. The molecule has 2 nitrogen and oxygen atoms in total. The number of ether oxygens (including phenoxy) is 1. The van der Waals surface area contributed by atoms with Gasteiger partial charge in [-0.3, -0.25) is 4.79 Å². The molecular formula is C6H7F3O2. The maximum absolute atomic E-state index is 12.2. The maximum atomic E-state index is 12.2. The van der Waals surface area contributed by atoms with Crippen LogP contribution in [0.25, 0.3) is 0 Å². The second-order valence-electron chi connectivity index (χ2n) is 1.61. The molecule has 0 amide bonds. The van der Waals surface area contributed by atoms with Gasteiger partial charge in [0.1, 0.15) is 0 Å². The first-order valence-corrected chi connectivity index (χ1v) is 2.87. The lowest BCUT2D eigenvalue weighted by molar-refractivity contribution is -0.222. The van der Waals surface area contributed by atoms with Gasteiger partial charge in [0.25, 0.3) is 5.78 Å². The van der Waals surface area contributed by atoms with Gasteiger partial charge in [0.15, 0.2) is 0 Å². The van der Waals surface area contributed by atoms with Crippen LogP contribution in [0.4, 0.5) is 13.2 Å². The molecule has 0 aliphatic rings. The highest BCUT2D eigenvalue weighted by Crippen LogP contribution is 2.16. The third-order valence-electron chi connectivity index (χ3n) is 0.827. The Morgan fingerprint density at radius 1 is 1.64 bits per heavy atom. The molecule has 0 saturated carbocycles. The Hall–Kier alpha value is -0.840. The largest absolute Gasteiger partial charge is 0.420 e. The van der Waals surface area contributed by atoms with Gasteiger partial charge >= 0.3 is 6.11 Å². The van der Waals surface area contributed by atoms with E-state index >= 15 is 0 Å². The molecule has 0 heterocycles. The van der Waals surface area contributed by atoms with Gasteiger partial charge in [-0.05, 0) is 6.92 Å². The van der Waals surface area contributed by atoms with Gasteiger partial charge in [-0.2, -0.15) is 8.78 Å². The van der Waals surface area contributed by atoms with Crippen LogP contribution in [0.15, 0.2) is 12.4 Å². The van der Waals surface area contributed by atoms with E-state index in [1.54, 1.807) is 0 Å².